The summed E-state index contributed by atoms with van der Waals surface area (Å²) in [7, 11) is 0. The summed E-state index contributed by atoms with van der Waals surface area (Å²) in [6.45, 7) is 8.50. The Morgan fingerprint density at radius 2 is 2.00 bits per heavy atom. The highest BCUT2D eigenvalue weighted by molar-refractivity contribution is 4.92. The van der Waals surface area contributed by atoms with E-state index in [0.29, 0.717) is 0 Å². The van der Waals surface area contributed by atoms with Crippen molar-refractivity contribution in [1.82, 2.24) is 0 Å². The van der Waals surface area contributed by atoms with Gasteiger partial charge in [-0.25, -0.2) is 0 Å². The van der Waals surface area contributed by atoms with Gasteiger partial charge in [0.25, 0.3) is 0 Å². The lowest BCUT2D eigenvalue weighted by molar-refractivity contribution is -0.167. The minimum Gasteiger partial charge on any atom is -0.368 e. The van der Waals surface area contributed by atoms with Crippen molar-refractivity contribution in [3.8, 4) is 0 Å². The summed E-state index contributed by atoms with van der Waals surface area (Å²) < 4.78 is 5.47. The van der Waals surface area contributed by atoms with E-state index in [0.717, 1.165) is 12.8 Å². The minimum atomic E-state index is -0.542. The normalized spacial score (nSPS) is 39.5. The molecule has 1 aliphatic rings. The van der Waals surface area contributed by atoms with Crippen LogP contribution in [0.4, 0.5) is 0 Å². The van der Waals surface area contributed by atoms with Gasteiger partial charge in [-0.15, -0.1) is 0 Å². The van der Waals surface area contributed by atoms with E-state index in [1.54, 1.807) is 0 Å². The summed E-state index contributed by atoms with van der Waals surface area (Å²) >= 11 is 0. The van der Waals surface area contributed by atoms with Crippen LogP contribution in [-0.2, 0) is 4.74 Å². The molecular formula is C9H18O2. The molecule has 1 fully saturated rings. The van der Waals surface area contributed by atoms with Crippen LogP contribution in [0.15, 0.2) is 0 Å². The average Bonchev–Trinajstić information content (AvgIpc) is 2.10. The van der Waals surface area contributed by atoms with Gasteiger partial charge < -0.3 is 9.84 Å². The zero-order valence-electron chi connectivity index (χ0n) is 7.85. The van der Waals surface area contributed by atoms with Crippen LogP contribution in [0.3, 0.4) is 0 Å². The monoisotopic (exact) mass is 158 g/mol. The van der Waals surface area contributed by atoms with Crippen LogP contribution in [0.1, 0.15) is 40.5 Å². The SMILES string of the molecule is CC(C)(C)C1(C)CCC(O)O1. The molecule has 0 aromatic carbocycles. The van der Waals surface area contributed by atoms with Gasteiger partial charge in [0.1, 0.15) is 0 Å². The molecule has 0 aromatic rings. The molecule has 0 amide bonds. The molecule has 2 heteroatoms. The highest BCUT2D eigenvalue weighted by Gasteiger charge is 2.44. The fraction of sp³-hybridized carbons (Fsp3) is 1.00. The van der Waals surface area contributed by atoms with Gasteiger partial charge in [0, 0.05) is 6.42 Å². The van der Waals surface area contributed by atoms with E-state index in [9.17, 15) is 5.11 Å². The van der Waals surface area contributed by atoms with Crippen molar-refractivity contribution in [2.24, 2.45) is 5.41 Å². The van der Waals surface area contributed by atoms with E-state index in [-0.39, 0.29) is 11.0 Å². The van der Waals surface area contributed by atoms with Gasteiger partial charge in [0.2, 0.25) is 0 Å². The maximum atomic E-state index is 9.21. The molecule has 0 spiro atoms. The smallest absolute Gasteiger partial charge is 0.155 e. The summed E-state index contributed by atoms with van der Waals surface area (Å²) in [5.74, 6) is 0. The molecule has 0 bridgehead atoms. The number of aliphatic hydroxyl groups is 1. The van der Waals surface area contributed by atoms with Gasteiger partial charge in [0.05, 0.1) is 5.60 Å². The Kier molecular flexibility index (Phi) is 2.01. The van der Waals surface area contributed by atoms with Crippen LogP contribution in [0.2, 0.25) is 0 Å². The van der Waals surface area contributed by atoms with E-state index in [1.165, 1.54) is 0 Å². The number of rotatable bonds is 0. The molecule has 0 radical (unpaired) electrons. The average molecular weight is 158 g/mol. The van der Waals surface area contributed by atoms with Crippen molar-refractivity contribution >= 4 is 0 Å². The third-order valence-corrected chi connectivity index (χ3v) is 2.85. The highest BCUT2D eigenvalue weighted by atomic mass is 16.6. The molecule has 2 nitrogen and oxygen atoms in total. The Morgan fingerprint density at radius 3 is 2.18 bits per heavy atom. The van der Waals surface area contributed by atoms with Crippen molar-refractivity contribution in [1.29, 1.82) is 0 Å². The van der Waals surface area contributed by atoms with Gasteiger partial charge in [-0.3, -0.25) is 0 Å². The number of hydrogen-bond donors (Lipinski definition) is 1. The van der Waals surface area contributed by atoms with Gasteiger partial charge in [-0.1, -0.05) is 20.8 Å². The molecule has 1 N–H and O–H groups in total. The highest BCUT2D eigenvalue weighted by Crippen LogP contribution is 2.42. The number of aliphatic hydroxyl groups excluding tert-OH is 1. The molecule has 1 aliphatic heterocycles. The van der Waals surface area contributed by atoms with Gasteiger partial charge in [-0.05, 0) is 18.8 Å². The first-order valence-electron chi connectivity index (χ1n) is 4.21. The maximum absolute atomic E-state index is 9.21. The molecule has 2 unspecified atom stereocenters. The van der Waals surface area contributed by atoms with E-state index < -0.39 is 6.29 Å². The fourth-order valence-electron chi connectivity index (χ4n) is 1.37. The molecule has 1 heterocycles. The standard InChI is InChI=1S/C9H18O2/c1-8(2,3)9(4)6-5-7(10)11-9/h7,10H,5-6H2,1-4H3. The van der Waals surface area contributed by atoms with Gasteiger partial charge >= 0.3 is 0 Å². The number of ether oxygens (including phenoxy) is 1. The van der Waals surface area contributed by atoms with Crippen LogP contribution >= 0.6 is 0 Å². The Balaban J connectivity index is 2.69. The van der Waals surface area contributed by atoms with Crippen LogP contribution in [-0.4, -0.2) is 17.0 Å². The van der Waals surface area contributed by atoms with E-state index in [1.807, 2.05) is 0 Å². The lowest BCUT2D eigenvalue weighted by Crippen LogP contribution is -2.39. The van der Waals surface area contributed by atoms with Crippen LogP contribution in [0, 0.1) is 5.41 Å². The summed E-state index contributed by atoms with van der Waals surface area (Å²) in [6.07, 6.45) is 1.19. The van der Waals surface area contributed by atoms with Crippen LogP contribution in [0.5, 0.6) is 0 Å². The van der Waals surface area contributed by atoms with Gasteiger partial charge in [0.15, 0.2) is 6.29 Å². The molecule has 66 valence electrons. The van der Waals surface area contributed by atoms with Crippen molar-refractivity contribution in [2.75, 3.05) is 0 Å². The first kappa shape index (κ1) is 9.01. The molecule has 0 saturated carbocycles. The quantitative estimate of drug-likeness (QED) is 0.583. The fourth-order valence-corrected chi connectivity index (χ4v) is 1.37. The molecule has 0 aliphatic carbocycles. The van der Waals surface area contributed by atoms with E-state index in [4.69, 9.17) is 4.74 Å². The molecular weight excluding hydrogens is 140 g/mol. The predicted octanol–water partition coefficient (Wildman–Crippen LogP) is 1.92. The molecule has 1 saturated heterocycles. The van der Waals surface area contributed by atoms with Gasteiger partial charge in [-0.2, -0.15) is 0 Å². The van der Waals surface area contributed by atoms with Crippen molar-refractivity contribution < 1.29 is 9.84 Å². The molecule has 11 heavy (non-hydrogen) atoms. The second kappa shape index (κ2) is 2.46. The summed E-state index contributed by atoms with van der Waals surface area (Å²) in [5, 5.41) is 9.21. The second-order valence-electron chi connectivity index (χ2n) is 4.59. The molecule has 1 rings (SSSR count). The molecule has 2 atom stereocenters. The topological polar surface area (TPSA) is 29.5 Å². The first-order chi connectivity index (χ1) is 4.85. The summed E-state index contributed by atoms with van der Waals surface area (Å²) in [4.78, 5) is 0. The Bertz CT molecular complexity index is 148. The predicted molar refractivity (Wildman–Crippen MR) is 44.2 cm³/mol. The van der Waals surface area contributed by atoms with Crippen molar-refractivity contribution in [2.45, 2.75) is 52.4 Å². The van der Waals surface area contributed by atoms with E-state index >= 15 is 0 Å². The third kappa shape index (κ3) is 1.57. The van der Waals surface area contributed by atoms with Crippen molar-refractivity contribution in [3.05, 3.63) is 0 Å². The van der Waals surface area contributed by atoms with Crippen LogP contribution < -0.4 is 0 Å². The lowest BCUT2D eigenvalue weighted by atomic mass is 9.76. The maximum Gasteiger partial charge on any atom is 0.155 e. The third-order valence-electron chi connectivity index (χ3n) is 2.85. The second-order valence-corrected chi connectivity index (χ2v) is 4.59. The number of hydrogen-bond acceptors (Lipinski definition) is 2. The minimum absolute atomic E-state index is 0.116. The zero-order valence-corrected chi connectivity index (χ0v) is 7.85. The largest absolute Gasteiger partial charge is 0.368 e. The van der Waals surface area contributed by atoms with E-state index in [2.05, 4.69) is 27.7 Å². The molecule has 0 aromatic heterocycles. The Hall–Kier alpha value is -0.0800. The van der Waals surface area contributed by atoms with Crippen molar-refractivity contribution in [3.63, 3.8) is 0 Å². The Morgan fingerprint density at radius 1 is 1.45 bits per heavy atom. The lowest BCUT2D eigenvalue weighted by Gasteiger charge is -2.37. The Labute approximate surface area is 68.6 Å². The first-order valence-corrected chi connectivity index (χ1v) is 4.21. The summed E-state index contributed by atoms with van der Waals surface area (Å²) in [6, 6.07) is 0. The van der Waals surface area contributed by atoms with Crippen LogP contribution in [0.25, 0.3) is 0 Å². The zero-order chi connectivity index (χ0) is 8.70. The summed E-state index contributed by atoms with van der Waals surface area (Å²) in [5.41, 5.74) is -0.0309.